The lowest BCUT2D eigenvalue weighted by molar-refractivity contribution is 0.167. The van der Waals surface area contributed by atoms with Crippen LogP contribution in [0.15, 0.2) is 36.5 Å². The molecule has 6 heteroatoms. The number of ether oxygens (including phenoxy) is 1. The first-order chi connectivity index (χ1) is 8.79. The second-order valence-electron chi connectivity index (χ2n) is 3.38. The summed E-state index contributed by atoms with van der Waals surface area (Å²) in [7, 11) is 0. The first-order valence-corrected chi connectivity index (χ1v) is 5.48. The van der Waals surface area contributed by atoms with Crippen LogP contribution in [0.2, 0.25) is 0 Å². The predicted octanol–water partition coefficient (Wildman–Crippen LogP) is 2.11. The van der Waals surface area contributed by atoms with E-state index in [0.29, 0.717) is 5.69 Å². The minimum Gasteiger partial charge on any atom is -0.450 e. The van der Waals surface area contributed by atoms with E-state index in [1.165, 1.54) is 6.20 Å². The summed E-state index contributed by atoms with van der Waals surface area (Å²) in [6, 6.07) is 9.51. The van der Waals surface area contributed by atoms with E-state index in [0.717, 1.165) is 5.56 Å². The topological polar surface area (TPSA) is 77.0 Å². The number of aromatic nitrogens is 3. The van der Waals surface area contributed by atoms with Crippen LogP contribution in [-0.2, 0) is 4.74 Å². The lowest BCUT2D eigenvalue weighted by atomic mass is 10.2. The van der Waals surface area contributed by atoms with Gasteiger partial charge < -0.3 is 4.74 Å². The van der Waals surface area contributed by atoms with Gasteiger partial charge in [-0.1, -0.05) is 30.3 Å². The Hall–Kier alpha value is -2.50. The number of hydrogen-bond donors (Lipinski definition) is 1. The molecule has 1 aromatic carbocycles. The molecule has 2 rings (SSSR count). The molecule has 0 aliphatic rings. The number of hydrogen-bond acceptors (Lipinski definition) is 5. The van der Waals surface area contributed by atoms with Crippen molar-refractivity contribution in [2.45, 2.75) is 6.92 Å². The average molecular weight is 244 g/mol. The van der Waals surface area contributed by atoms with Crippen LogP contribution in [0.25, 0.3) is 11.3 Å². The summed E-state index contributed by atoms with van der Waals surface area (Å²) in [5.74, 6) is 0.120. The van der Waals surface area contributed by atoms with Gasteiger partial charge in [-0.3, -0.25) is 5.32 Å². The molecule has 1 aromatic heterocycles. The number of carbonyl (C=O) groups is 1. The van der Waals surface area contributed by atoms with Crippen molar-refractivity contribution < 1.29 is 9.53 Å². The maximum absolute atomic E-state index is 11.2. The quantitative estimate of drug-likeness (QED) is 0.894. The molecule has 0 fully saturated rings. The third-order valence-corrected chi connectivity index (χ3v) is 2.12. The monoisotopic (exact) mass is 244 g/mol. The third kappa shape index (κ3) is 3.00. The van der Waals surface area contributed by atoms with Gasteiger partial charge in [0.15, 0.2) is 0 Å². The first kappa shape index (κ1) is 12.0. The summed E-state index contributed by atoms with van der Waals surface area (Å²) < 4.78 is 4.73. The zero-order valence-corrected chi connectivity index (χ0v) is 9.83. The highest BCUT2D eigenvalue weighted by Crippen LogP contribution is 2.15. The molecule has 0 aliphatic heterocycles. The van der Waals surface area contributed by atoms with E-state index in [-0.39, 0.29) is 12.6 Å². The molecule has 1 N–H and O–H groups in total. The van der Waals surface area contributed by atoms with Crippen LogP contribution >= 0.6 is 0 Å². The minimum absolute atomic E-state index is 0.120. The molecule has 0 saturated carbocycles. The van der Waals surface area contributed by atoms with Gasteiger partial charge in [-0.05, 0) is 6.92 Å². The number of rotatable bonds is 3. The van der Waals surface area contributed by atoms with Crippen molar-refractivity contribution in [2.24, 2.45) is 0 Å². The van der Waals surface area contributed by atoms with Gasteiger partial charge in [0.1, 0.15) is 0 Å². The molecule has 6 nitrogen and oxygen atoms in total. The summed E-state index contributed by atoms with van der Waals surface area (Å²) in [6.45, 7) is 2.01. The normalized spacial score (nSPS) is 9.83. The van der Waals surface area contributed by atoms with Crippen LogP contribution in [-0.4, -0.2) is 27.9 Å². The minimum atomic E-state index is -0.593. The van der Waals surface area contributed by atoms with Crippen LogP contribution in [0, 0.1) is 0 Å². The molecule has 0 saturated heterocycles. The number of carbonyl (C=O) groups excluding carboxylic acids is 1. The van der Waals surface area contributed by atoms with Crippen molar-refractivity contribution in [3.8, 4) is 11.3 Å². The molecule has 18 heavy (non-hydrogen) atoms. The molecule has 0 unspecified atom stereocenters. The summed E-state index contributed by atoms with van der Waals surface area (Å²) in [5.41, 5.74) is 1.54. The number of nitrogens with one attached hydrogen (secondary N) is 1. The Morgan fingerprint density at radius 1 is 1.33 bits per heavy atom. The molecule has 0 aliphatic carbocycles. The Morgan fingerprint density at radius 2 is 2.11 bits per heavy atom. The van der Waals surface area contributed by atoms with Crippen LogP contribution in [0.5, 0.6) is 0 Å². The largest absolute Gasteiger partial charge is 0.450 e. The fraction of sp³-hybridized carbons (Fsp3) is 0.167. The van der Waals surface area contributed by atoms with E-state index in [4.69, 9.17) is 4.74 Å². The van der Waals surface area contributed by atoms with Crippen molar-refractivity contribution in [2.75, 3.05) is 11.9 Å². The Balaban J connectivity index is 2.18. The van der Waals surface area contributed by atoms with Gasteiger partial charge in [-0.25, -0.2) is 9.78 Å². The SMILES string of the molecule is CCOC(=O)Nc1nncc(-c2ccccc2)n1. The summed E-state index contributed by atoms with van der Waals surface area (Å²) >= 11 is 0. The number of benzene rings is 1. The molecule has 92 valence electrons. The van der Waals surface area contributed by atoms with Gasteiger partial charge >= 0.3 is 6.09 Å². The van der Waals surface area contributed by atoms with E-state index in [1.54, 1.807) is 6.92 Å². The highest BCUT2D eigenvalue weighted by atomic mass is 16.5. The second kappa shape index (κ2) is 5.72. The highest BCUT2D eigenvalue weighted by molar-refractivity contribution is 5.82. The van der Waals surface area contributed by atoms with E-state index >= 15 is 0 Å². The van der Waals surface area contributed by atoms with E-state index in [9.17, 15) is 4.79 Å². The van der Waals surface area contributed by atoms with Gasteiger partial charge in [-0.15, -0.1) is 5.10 Å². The highest BCUT2D eigenvalue weighted by Gasteiger charge is 2.07. The molecule has 0 bridgehead atoms. The van der Waals surface area contributed by atoms with Crippen LogP contribution in [0.3, 0.4) is 0 Å². The first-order valence-electron chi connectivity index (χ1n) is 5.48. The predicted molar refractivity (Wildman–Crippen MR) is 65.9 cm³/mol. The lowest BCUT2D eigenvalue weighted by Gasteiger charge is -2.04. The molecule has 2 aromatic rings. The number of anilines is 1. The molecule has 1 heterocycles. The van der Waals surface area contributed by atoms with Gasteiger partial charge in [0.25, 0.3) is 5.95 Å². The summed E-state index contributed by atoms with van der Waals surface area (Å²) in [6.07, 6.45) is 0.940. The van der Waals surface area contributed by atoms with Crippen molar-refractivity contribution >= 4 is 12.0 Å². The average Bonchev–Trinajstić information content (AvgIpc) is 2.40. The maximum atomic E-state index is 11.2. The Kier molecular flexibility index (Phi) is 3.80. The molecule has 0 atom stereocenters. The van der Waals surface area contributed by atoms with Gasteiger partial charge in [0, 0.05) is 5.56 Å². The molecular formula is C12H12N4O2. The van der Waals surface area contributed by atoms with Crippen molar-refractivity contribution in [1.29, 1.82) is 0 Å². The number of amides is 1. The van der Waals surface area contributed by atoms with Gasteiger partial charge in [-0.2, -0.15) is 5.10 Å². The summed E-state index contributed by atoms with van der Waals surface area (Å²) in [4.78, 5) is 15.4. The Morgan fingerprint density at radius 3 is 2.83 bits per heavy atom. The van der Waals surface area contributed by atoms with Crippen molar-refractivity contribution in [3.63, 3.8) is 0 Å². The zero-order valence-electron chi connectivity index (χ0n) is 9.83. The van der Waals surface area contributed by atoms with E-state index in [2.05, 4.69) is 20.5 Å². The molecular weight excluding hydrogens is 232 g/mol. The van der Waals surface area contributed by atoms with Crippen LogP contribution in [0.1, 0.15) is 6.92 Å². The molecule has 1 amide bonds. The van der Waals surface area contributed by atoms with Crippen molar-refractivity contribution in [3.05, 3.63) is 36.5 Å². The molecule has 0 radical (unpaired) electrons. The van der Waals surface area contributed by atoms with E-state index in [1.807, 2.05) is 30.3 Å². The summed E-state index contributed by atoms with van der Waals surface area (Å²) in [5, 5.41) is 9.91. The fourth-order valence-corrected chi connectivity index (χ4v) is 1.36. The second-order valence-corrected chi connectivity index (χ2v) is 3.38. The smallest absolute Gasteiger partial charge is 0.414 e. The maximum Gasteiger partial charge on any atom is 0.414 e. The standard InChI is InChI=1S/C12H12N4O2/c1-2-18-12(17)15-11-14-10(8-13-16-11)9-6-4-3-5-7-9/h3-8H,2H2,1H3,(H,14,15,16,17). The van der Waals surface area contributed by atoms with E-state index < -0.39 is 6.09 Å². The molecule has 0 spiro atoms. The Bertz CT molecular complexity index is 531. The van der Waals surface area contributed by atoms with Crippen LogP contribution in [0.4, 0.5) is 10.7 Å². The van der Waals surface area contributed by atoms with Crippen LogP contribution < -0.4 is 5.32 Å². The van der Waals surface area contributed by atoms with Gasteiger partial charge in [0.2, 0.25) is 0 Å². The lowest BCUT2D eigenvalue weighted by Crippen LogP contribution is -2.16. The number of nitrogens with zero attached hydrogens (tertiary/aromatic N) is 3. The van der Waals surface area contributed by atoms with Crippen molar-refractivity contribution in [1.82, 2.24) is 15.2 Å². The zero-order chi connectivity index (χ0) is 12.8. The Labute approximate surface area is 104 Å². The van der Waals surface area contributed by atoms with Gasteiger partial charge in [0.05, 0.1) is 18.5 Å². The third-order valence-electron chi connectivity index (χ3n) is 2.12. The fourth-order valence-electron chi connectivity index (χ4n) is 1.36.